The van der Waals surface area contributed by atoms with Gasteiger partial charge in [0.15, 0.2) is 22.7 Å². The van der Waals surface area contributed by atoms with Crippen LogP contribution in [0.2, 0.25) is 0 Å². The molecular weight excluding hydrogens is 578 g/mol. The van der Waals surface area contributed by atoms with E-state index in [1.165, 1.54) is 23.6 Å². The first-order valence-corrected chi connectivity index (χ1v) is 13.5. The lowest BCUT2D eigenvalue weighted by molar-refractivity contribution is -0.162. The van der Waals surface area contributed by atoms with Gasteiger partial charge < -0.3 is 29.9 Å². The molecule has 0 amide bonds. The number of carbonyl (C=O) groups is 4. The second-order valence-electron chi connectivity index (χ2n) is 8.83. The SMILES string of the molecule is CC(=O)Oc1ccc(C(ON=C(C(=O)O)c2csc(N)n2)C(=O)OC(c2ccccc2)c2ccccc2)cc1OC(C)=O. The predicted octanol–water partition coefficient (Wildman–Crippen LogP) is 4.46. The zero-order chi connectivity index (χ0) is 30.9. The molecule has 0 spiro atoms. The minimum absolute atomic E-state index is 0.0447. The summed E-state index contributed by atoms with van der Waals surface area (Å²) in [6, 6.07) is 21.8. The maximum absolute atomic E-state index is 13.8. The van der Waals surface area contributed by atoms with Crippen LogP contribution in [-0.2, 0) is 28.8 Å². The molecule has 0 saturated carbocycles. The molecule has 13 heteroatoms. The van der Waals surface area contributed by atoms with E-state index >= 15 is 0 Å². The van der Waals surface area contributed by atoms with E-state index < -0.39 is 41.8 Å². The maximum atomic E-state index is 13.8. The van der Waals surface area contributed by atoms with Gasteiger partial charge in [0.25, 0.3) is 0 Å². The van der Waals surface area contributed by atoms with E-state index in [2.05, 4.69) is 10.1 Å². The minimum atomic E-state index is -1.68. The number of rotatable bonds is 11. The van der Waals surface area contributed by atoms with E-state index in [0.29, 0.717) is 11.1 Å². The number of anilines is 1. The highest BCUT2D eigenvalue weighted by molar-refractivity contribution is 7.13. The van der Waals surface area contributed by atoms with Crippen LogP contribution in [0.4, 0.5) is 5.13 Å². The quantitative estimate of drug-likeness (QED) is 0.107. The number of carboxylic acids is 1. The number of nitrogens with zero attached hydrogens (tertiary/aromatic N) is 2. The van der Waals surface area contributed by atoms with Crippen molar-refractivity contribution in [3.05, 3.63) is 107 Å². The highest BCUT2D eigenvalue weighted by Gasteiger charge is 2.31. The summed E-state index contributed by atoms with van der Waals surface area (Å²) < 4.78 is 16.3. The van der Waals surface area contributed by atoms with Gasteiger partial charge in [-0.1, -0.05) is 71.9 Å². The number of hydrogen-bond acceptors (Lipinski definition) is 12. The number of esters is 3. The third kappa shape index (κ3) is 8.01. The fourth-order valence-corrected chi connectivity index (χ4v) is 4.41. The van der Waals surface area contributed by atoms with Gasteiger partial charge in [-0.3, -0.25) is 9.59 Å². The first-order valence-electron chi connectivity index (χ1n) is 12.6. The maximum Gasteiger partial charge on any atom is 0.360 e. The molecule has 0 saturated heterocycles. The number of ether oxygens (including phenoxy) is 3. The Morgan fingerprint density at radius 2 is 1.42 bits per heavy atom. The Bertz CT molecular complexity index is 1620. The molecule has 220 valence electrons. The van der Waals surface area contributed by atoms with Crippen molar-refractivity contribution in [2.45, 2.75) is 26.1 Å². The van der Waals surface area contributed by atoms with Crippen LogP contribution in [0.5, 0.6) is 11.5 Å². The lowest BCUT2D eigenvalue weighted by Crippen LogP contribution is -2.23. The van der Waals surface area contributed by atoms with E-state index in [0.717, 1.165) is 25.2 Å². The van der Waals surface area contributed by atoms with Gasteiger partial charge >= 0.3 is 23.9 Å². The number of hydrogen-bond donors (Lipinski definition) is 2. The Hall–Kier alpha value is -5.56. The lowest BCUT2D eigenvalue weighted by Gasteiger charge is -2.22. The molecule has 4 rings (SSSR count). The Kier molecular flexibility index (Phi) is 9.81. The molecule has 0 radical (unpaired) electrons. The fraction of sp³-hybridized carbons (Fsp3) is 0.133. The van der Waals surface area contributed by atoms with Gasteiger partial charge in [-0.25, -0.2) is 14.6 Å². The number of thiazole rings is 1. The summed E-state index contributed by atoms with van der Waals surface area (Å²) in [5.74, 6) is -4.16. The molecule has 1 unspecified atom stereocenters. The molecule has 0 aliphatic carbocycles. The van der Waals surface area contributed by atoms with Gasteiger partial charge in [0.2, 0.25) is 11.8 Å². The first-order chi connectivity index (χ1) is 20.6. The lowest BCUT2D eigenvalue weighted by atomic mass is 10.0. The summed E-state index contributed by atoms with van der Waals surface area (Å²) in [7, 11) is 0. The highest BCUT2D eigenvalue weighted by atomic mass is 32.1. The summed E-state index contributed by atoms with van der Waals surface area (Å²) in [5.41, 5.74) is 6.29. The average molecular weight is 604 g/mol. The van der Waals surface area contributed by atoms with Crippen molar-refractivity contribution < 1.29 is 43.3 Å². The third-order valence-corrected chi connectivity index (χ3v) is 6.32. The number of oxime groups is 1. The summed E-state index contributed by atoms with van der Waals surface area (Å²) >= 11 is 0.990. The molecule has 3 N–H and O–H groups in total. The Morgan fingerprint density at radius 1 is 0.837 bits per heavy atom. The molecule has 1 aromatic heterocycles. The molecule has 0 aliphatic rings. The van der Waals surface area contributed by atoms with Crippen LogP contribution in [0.25, 0.3) is 0 Å². The number of carbonyl (C=O) groups excluding carboxylic acids is 3. The van der Waals surface area contributed by atoms with Crippen molar-refractivity contribution in [3.8, 4) is 11.5 Å². The summed E-state index contributed by atoms with van der Waals surface area (Å²) in [6.45, 7) is 2.30. The molecular formula is C30H25N3O9S. The smallest absolute Gasteiger partial charge is 0.360 e. The monoisotopic (exact) mass is 603 g/mol. The van der Waals surface area contributed by atoms with Crippen molar-refractivity contribution in [2.75, 3.05) is 5.73 Å². The molecule has 0 aliphatic heterocycles. The van der Waals surface area contributed by atoms with Crippen LogP contribution in [-0.4, -0.2) is 39.7 Å². The molecule has 1 heterocycles. The van der Waals surface area contributed by atoms with Crippen LogP contribution in [0.15, 0.2) is 89.4 Å². The number of benzene rings is 3. The van der Waals surface area contributed by atoms with Gasteiger partial charge in [0.1, 0.15) is 5.69 Å². The summed E-state index contributed by atoms with van der Waals surface area (Å²) in [5, 5.41) is 15.0. The number of nitrogens with two attached hydrogens (primary N) is 1. The van der Waals surface area contributed by atoms with Gasteiger partial charge in [-0.05, 0) is 23.3 Å². The first kappa shape index (κ1) is 30.4. The normalized spacial score (nSPS) is 11.8. The number of aliphatic carboxylic acids is 1. The van der Waals surface area contributed by atoms with Crippen molar-refractivity contribution >= 4 is 46.1 Å². The zero-order valence-corrected chi connectivity index (χ0v) is 23.6. The topological polar surface area (TPSA) is 177 Å². The Morgan fingerprint density at radius 3 is 1.93 bits per heavy atom. The van der Waals surface area contributed by atoms with E-state index in [1.807, 2.05) is 12.1 Å². The third-order valence-electron chi connectivity index (χ3n) is 5.65. The minimum Gasteiger partial charge on any atom is -0.476 e. The predicted molar refractivity (Wildman–Crippen MR) is 154 cm³/mol. The van der Waals surface area contributed by atoms with Gasteiger partial charge in [-0.15, -0.1) is 11.3 Å². The Balaban J connectivity index is 1.78. The van der Waals surface area contributed by atoms with Gasteiger partial charge in [0, 0.05) is 24.8 Å². The van der Waals surface area contributed by atoms with E-state index in [-0.39, 0.29) is 27.9 Å². The van der Waals surface area contributed by atoms with Gasteiger partial charge in [0.05, 0.1) is 0 Å². The number of aromatic nitrogens is 1. The fourth-order valence-electron chi connectivity index (χ4n) is 3.86. The van der Waals surface area contributed by atoms with Crippen molar-refractivity contribution in [1.82, 2.24) is 4.98 Å². The number of carboxylic acid groups (broad SMARTS) is 1. The van der Waals surface area contributed by atoms with Crippen molar-refractivity contribution in [3.63, 3.8) is 0 Å². The molecule has 3 aromatic carbocycles. The van der Waals surface area contributed by atoms with E-state index in [1.54, 1.807) is 48.5 Å². The molecule has 1 atom stereocenters. The molecule has 0 fully saturated rings. The van der Waals surface area contributed by atoms with Crippen LogP contribution < -0.4 is 15.2 Å². The largest absolute Gasteiger partial charge is 0.476 e. The van der Waals surface area contributed by atoms with Crippen molar-refractivity contribution in [2.24, 2.45) is 5.16 Å². The molecule has 4 aromatic rings. The van der Waals surface area contributed by atoms with Crippen LogP contribution in [0.3, 0.4) is 0 Å². The average Bonchev–Trinajstić information content (AvgIpc) is 3.40. The highest BCUT2D eigenvalue weighted by Crippen LogP contribution is 2.35. The van der Waals surface area contributed by atoms with Gasteiger partial charge in [-0.2, -0.15) is 0 Å². The number of nitrogen functional groups attached to an aromatic ring is 1. The van der Waals surface area contributed by atoms with Crippen molar-refractivity contribution in [1.29, 1.82) is 0 Å². The van der Waals surface area contributed by atoms with Crippen LogP contribution >= 0.6 is 11.3 Å². The van der Waals surface area contributed by atoms with E-state index in [4.69, 9.17) is 24.8 Å². The zero-order valence-electron chi connectivity index (χ0n) is 22.8. The second kappa shape index (κ2) is 13.9. The second-order valence-corrected chi connectivity index (χ2v) is 9.72. The summed E-state index contributed by atoms with van der Waals surface area (Å²) in [4.78, 5) is 58.7. The van der Waals surface area contributed by atoms with E-state index in [9.17, 15) is 24.3 Å². The molecule has 43 heavy (non-hydrogen) atoms. The van der Waals surface area contributed by atoms with Crippen LogP contribution in [0.1, 0.15) is 48.4 Å². The molecule has 0 bridgehead atoms. The van der Waals surface area contributed by atoms with Crippen LogP contribution in [0, 0.1) is 0 Å². The standard InChI is InChI=1S/C30H25N3O9S/c1-17(34)39-23-14-13-21(15-24(23)40-18(2)35)27(42-33-25(28(36)37)22-16-43-30(31)32-22)29(38)41-26(19-9-5-3-6-10-19)20-11-7-4-8-12-20/h3-16,26-27H,1-2H3,(H2,31,32)(H,36,37). The Labute approximate surface area is 249 Å². The summed E-state index contributed by atoms with van der Waals surface area (Å²) in [6.07, 6.45) is -2.56. The molecule has 12 nitrogen and oxygen atoms in total.